The highest BCUT2D eigenvalue weighted by Gasteiger charge is 2.30. The second kappa shape index (κ2) is 6.21. The lowest BCUT2D eigenvalue weighted by atomic mass is 10.2. The Morgan fingerprint density at radius 3 is 2.96 bits per heavy atom. The molecule has 128 valence electrons. The van der Waals surface area contributed by atoms with Gasteiger partial charge in [-0.05, 0) is 12.1 Å². The summed E-state index contributed by atoms with van der Waals surface area (Å²) in [6, 6.07) is 3.20. The monoisotopic (exact) mass is 352 g/mol. The molecular weight excluding hydrogens is 336 g/mol. The van der Waals surface area contributed by atoms with Crippen LogP contribution in [0.3, 0.4) is 0 Å². The van der Waals surface area contributed by atoms with E-state index < -0.39 is 21.7 Å². The molecule has 3 rings (SSSR count). The van der Waals surface area contributed by atoms with E-state index in [0.717, 1.165) is 11.4 Å². The van der Waals surface area contributed by atoms with Crippen LogP contribution in [0.5, 0.6) is 5.75 Å². The van der Waals surface area contributed by atoms with Gasteiger partial charge in [0.2, 0.25) is 10.0 Å². The van der Waals surface area contributed by atoms with Crippen LogP contribution in [-0.2, 0) is 14.8 Å². The Bertz CT molecular complexity index is 899. The molecule has 1 fully saturated rings. The van der Waals surface area contributed by atoms with E-state index in [-0.39, 0.29) is 29.3 Å². The lowest BCUT2D eigenvalue weighted by Crippen LogP contribution is -2.35. The Kier molecular flexibility index (Phi) is 4.24. The Balaban J connectivity index is 2.30. The highest BCUT2D eigenvalue weighted by molar-refractivity contribution is 7.92. The standard InChI is InChI=1S/C14H16N4O5S/c1-23-14(20)11-12(19)10-9(3-2-4-16-10)13(17-11)18-7-5-15-6-8-24(18,21)22/h2-4,15,19H,5-8H2,1H3. The highest BCUT2D eigenvalue weighted by atomic mass is 32.2. The first-order chi connectivity index (χ1) is 11.5. The van der Waals surface area contributed by atoms with Crippen LogP contribution in [0.4, 0.5) is 5.82 Å². The average molecular weight is 352 g/mol. The van der Waals surface area contributed by atoms with Gasteiger partial charge in [-0.15, -0.1) is 0 Å². The molecule has 0 aromatic carbocycles. The fraction of sp³-hybridized carbons (Fsp3) is 0.357. The lowest BCUT2D eigenvalue weighted by Gasteiger charge is -2.22. The van der Waals surface area contributed by atoms with Crippen molar-refractivity contribution >= 4 is 32.7 Å². The number of hydrogen-bond donors (Lipinski definition) is 2. The van der Waals surface area contributed by atoms with Gasteiger partial charge in [0.05, 0.1) is 12.9 Å². The Morgan fingerprint density at radius 1 is 1.42 bits per heavy atom. The normalized spacial score (nSPS) is 17.5. The fourth-order valence-corrected chi connectivity index (χ4v) is 3.92. The van der Waals surface area contributed by atoms with E-state index in [4.69, 9.17) is 0 Å². The molecule has 9 nitrogen and oxygen atoms in total. The van der Waals surface area contributed by atoms with E-state index in [0.29, 0.717) is 18.5 Å². The quantitative estimate of drug-likeness (QED) is 0.716. The number of nitrogens with one attached hydrogen (secondary N) is 1. The summed E-state index contributed by atoms with van der Waals surface area (Å²) < 4.78 is 30.8. The molecule has 0 aliphatic carbocycles. The van der Waals surface area contributed by atoms with Crippen molar-refractivity contribution in [3.8, 4) is 5.75 Å². The van der Waals surface area contributed by atoms with Gasteiger partial charge in [0.1, 0.15) is 5.52 Å². The Labute approximate surface area is 138 Å². The molecule has 2 aromatic heterocycles. The Morgan fingerprint density at radius 2 is 2.21 bits per heavy atom. The molecule has 24 heavy (non-hydrogen) atoms. The third-order valence-electron chi connectivity index (χ3n) is 3.69. The number of sulfonamides is 1. The molecule has 10 heteroatoms. The number of carbonyl (C=O) groups excluding carboxylic acids is 1. The van der Waals surface area contributed by atoms with Crippen molar-refractivity contribution in [3.05, 3.63) is 24.0 Å². The van der Waals surface area contributed by atoms with Gasteiger partial charge in [-0.3, -0.25) is 9.29 Å². The molecular formula is C14H16N4O5S. The summed E-state index contributed by atoms with van der Waals surface area (Å²) in [4.78, 5) is 20.0. The third kappa shape index (κ3) is 2.74. The summed E-state index contributed by atoms with van der Waals surface area (Å²) in [6.07, 6.45) is 1.44. The first kappa shape index (κ1) is 16.4. The number of hydrogen-bond acceptors (Lipinski definition) is 8. The number of aromatic hydroxyl groups is 1. The molecule has 3 heterocycles. The van der Waals surface area contributed by atoms with Gasteiger partial charge < -0.3 is 15.2 Å². The van der Waals surface area contributed by atoms with Crippen molar-refractivity contribution in [2.75, 3.05) is 36.8 Å². The zero-order chi connectivity index (χ0) is 17.3. The zero-order valence-electron chi connectivity index (χ0n) is 12.9. The summed E-state index contributed by atoms with van der Waals surface area (Å²) in [5.74, 6) is -1.34. The third-order valence-corrected chi connectivity index (χ3v) is 5.44. The number of pyridine rings is 2. The van der Waals surface area contributed by atoms with Crippen LogP contribution in [0.15, 0.2) is 18.3 Å². The first-order valence-electron chi connectivity index (χ1n) is 7.23. The molecule has 0 radical (unpaired) electrons. The molecule has 0 amide bonds. The number of nitrogens with zero attached hydrogens (tertiary/aromatic N) is 3. The molecule has 0 saturated carbocycles. The van der Waals surface area contributed by atoms with Crippen LogP contribution in [0, 0.1) is 0 Å². The minimum absolute atomic E-state index is 0.0556. The maximum absolute atomic E-state index is 12.5. The molecule has 1 aliphatic heterocycles. The first-order valence-corrected chi connectivity index (χ1v) is 8.84. The average Bonchev–Trinajstić information content (AvgIpc) is 2.75. The van der Waals surface area contributed by atoms with Crippen LogP contribution >= 0.6 is 0 Å². The van der Waals surface area contributed by atoms with Crippen molar-refractivity contribution < 1.29 is 23.1 Å². The van der Waals surface area contributed by atoms with Crippen LogP contribution in [0.25, 0.3) is 10.9 Å². The maximum atomic E-state index is 12.5. The fourth-order valence-electron chi connectivity index (χ4n) is 2.53. The van der Waals surface area contributed by atoms with Gasteiger partial charge in [0.15, 0.2) is 17.3 Å². The van der Waals surface area contributed by atoms with Crippen LogP contribution in [-0.4, -0.2) is 62.0 Å². The minimum Gasteiger partial charge on any atom is -0.504 e. The van der Waals surface area contributed by atoms with E-state index in [2.05, 4.69) is 20.0 Å². The highest BCUT2D eigenvalue weighted by Crippen LogP contribution is 2.34. The predicted molar refractivity (Wildman–Crippen MR) is 86.5 cm³/mol. The number of ether oxygens (including phenoxy) is 1. The molecule has 0 unspecified atom stereocenters. The molecule has 1 saturated heterocycles. The topological polar surface area (TPSA) is 122 Å². The molecule has 2 N–H and O–H groups in total. The van der Waals surface area contributed by atoms with E-state index >= 15 is 0 Å². The SMILES string of the molecule is COC(=O)c1nc(N2CCNCCS2(=O)=O)c2cccnc2c1O. The van der Waals surface area contributed by atoms with Gasteiger partial charge in [-0.25, -0.2) is 18.2 Å². The van der Waals surface area contributed by atoms with E-state index in [1.165, 1.54) is 6.20 Å². The minimum atomic E-state index is -3.62. The van der Waals surface area contributed by atoms with Gasteiger partial charge in [0, 0.05) is 31.2 Å². The number of fused-ring (bicyclic) bond motifs is 1. The molecule has 0 atom stereocenters. The van der Waals surface area contributed by atoms with Crippen LogP contribution < -0.4 is 9.62 Å². The van der Waals surface area contributed by atoms with Crippen LogP contribution in [0.1, 0.15) is 10.5 Å². The van der Waals surface area contributed by atoms with Crippen molar-refractivity contribution in [3.63, 3.8) is 0 Å². The number of aromatic nitrogens is 2. The van der Waals surface area contributed by atoms with Crippen LogP contribution in [0.2, 0.25) is 0 Å². The number of anilines is 1. The summed E-state index contributed by atoms with van der Waals surface area (Å²) in [7, 11) is -2.47. The molecule has 0 bridgehead atoms. The lowest BCUT2D eigenvalue weighted by molar-refractivity contribution is 0.0591. The van der Waals surface area contributed by atoms with E-state index in [9.17, 15) is 18.3 Å². The summed E-state index contributed by atoms with van der Waals surface area (Å²) in [6.45, 7) is 0.929. The van der Waals surface area contributed by atoms with Gasteiger partial charge in [-0.1, -0.05) is 0 Å². The van der Waals surface area contributed by atoms with Crippen molar-refractivity contribution in [1.29, 1.82) is 0 Å². The Hall–Kier alpha value is -2.46. The van der Waals surface area contributed by atoms with Gasteiger partial charge >= 0.3 is 5.97 Å². The largest absolute Gasteiger partial charge is 0.504 e. The smallest absolute Gasteiger partial charge is 0.360 e. The van der Waals surface area contributed by atoms with Crippen molar-refractivity contribution in [1.82, 2.24) is 15.3 Å². The molecule has 0 spiro atoms. The number of rotatable bonds is 2. The molecule has 1 aliphatic rings. The maximum Gasteiger partial charge on any atom is 0.360 e. The second-order valence-electron chi connectivity index (χ2n) is 5.16. The van der Waals surface area contributed by atoms with E-state index in [1.54, 1.807) is 12.1 Å². The van der Waals surface area contributed by atoms with Crippen molar-refractivity contribution in [2.24, 2.45) is 0 Å². The number of esters is 1. The number of methoxy groups -OCH3 is 1. The zero-order valence-corrected chi connectivity index (χ0v) is 13.7. The predicted octanol–water partition coefficient (Wildman–Crippen LogP) is -0.139. The van der Waals surface area contributed by atoms with E-state index in [1.807, 2.05) is 0 Å². The second-order valence-corrected chi connectivity index (χ2v) is 7.17. The van der Waals surface area contributed by atoms with Crippen molar-refractivity contribution in [2.45, 2.75) is 0 Å². The number of carbonyl (C=O) groups is 1. The van der Waals surface area contributed by atoms with Gasteiger partial charge in [-0.2, -0.15) is 0 Å². The molecule has 2 aromatic rings. The summed E-state index contributed by atoms with van der Waals surface area (Å²) in [5.41, 5.74) is -0.276. The summed E-state index contributed by atoms with van der Waals surface area (Å²) >= 11 is 0. The summed E-state index contributed by atoms with van der Waals surface area (Å²) in [5, 5.41) is 13.6. The van der Waals surface area contributed by atoms with Gasteiger partial charge in [0.25, 0.3) is 0 Å².